The summed E-state index contributed by atoms with van der Waals surface area (Å²) < 4.78 is 5.83. The van der Waals surface area contributed by atoms with Crippen molar-refractivity contribution in [3.05, 3.63) is 0 Å². The standard InChI is InChI=1S/C17H36N2O/c1-16(2,3)9-7-10-18-11-8-12-19(15-18)13-14-20-17(4,5)6/h7-15H2,1-6H3. The van der Waals surface area contributed by atoms with E-state index < -0.39 is 0 Å². The summed E-state index contributed by atoms with van der Waals surface area (Å²) in [7, 11) is 0. The Balaban J connectivity index is 2.18. The minimum absolute atomic E-state index is 0.0117. The molecule has 0 aromatic heterocycles. The van der Waals surface area contributed by atoms with Crippen molar-refractivity contribution in [3.63, 3.8) is 0 Å². The van der Waals surface area contributed by atoms with E-state index in [4.69, 9.17) is 4.74 Å². The second-order valence-corrected chi connectivity index (χ2v) is 8.36. The highest BCUT2D eigenvalue weighted by molar-refractivity contribution is 4.71. The fraction of sp³-hybridized carbons (Fsp3) is 1.00. The summed E-state index contributed by atoms with van der Waals surface area (Å²) in [6.45, 7) is 20.1. The molecule has 0 unspecified atom stereocenters. The molecule has 120 valence electrons. The molecule has 0 aromatic rings. The molecule has 1 heterocycles. The van der Waals surface area contributed by atoms with Crippen LogP contribution >= 0.6 is 0 Å². The monoisotopic (exact) mass is 284 g/mol. The van der Waals surface area contributed by atoms with Crippen molar-refractivity contribution in [2.75, 3.05) is 39.5 Å². The zero-order valence-corrected chi connectivity index (χ0v) is 14.7. The summed E-state index contributed by atoms with van der Waals surface area (Å²) >= 11 is 0. The van der Waals surface area contributed by atoms with E-state index in [1.165, 1.54) is 38.9 Å². The van der Waals surface area contributed by atoms with Crippen molar-refractivity contribution >= 4 is 0 Å². The Hall–Kier alpha value is -0.120. The van der Waals surface area contributed by atoms with E-state index in [-0.39, 0.29) is 5.60 Å². The van der Waals surface area contributed by atoms with Gasteiger partial charge in [-0.2, -0.15) is 0 Å². The van der Waals surface area contributed by atoms with Gasteiger partial charge in [-0.1, -0.05) is 20.8 Å². The maximum Gasteiger partial charge on any atom is 0.0601 e. The van der Waals surface area contributed by atoms with Gasteiger partial charge in [-0.25, -0.2) is 0 Å². The molecular weight excluding hydrogens is 248 g/mol. The Bertz CT molecular complexity index is 239. The van der Waals surface area contributed by atoms with Crippen molar-refractivity contribution in [3.8, 4) is 0 Å². The van der Waals surface area contributed by atoms with Crippen molar-refractivity contribution < 1.29 is 4.74 Å². The van der Waals surface area contributed by atoms with E-state index in [1.54, 1.807) is 0 Å². The van der Waals surface area contributed by atoms with Crippen molar-refractivity contribution in [1.29, 1.82) is 0 Å². The molecule has 0 saturated carbocycles. The summed E-state index contributed by atoms with van der Waals surface area (Å²) in [5.41, 5.74) is 0.457. The van der Waals surface area contributed by atoms with Gasteiger partial charge in [0.05, 0.1) is 18.9 Å². The maximum absolute atomic E-state index is 5.83. The Morgan fingerprint density at radius 2 is 1.50 bits per heavy atom. The van der Waals surface area contributed by atoms with Gasteiger partial charge in [0.15, 0.2) is 0 Å². The minimum atomic E-state index is -0.0117. The van der Waals surface area contributed by atoms with Gasteiger partial charge < -0.3 is 4.74 Å². The normalized spacial score (nSPS) is 19.5. The molecule has 1 rings (SSSR count). The smallest absolute Gasteiger partial charge is 0.0601 e. The first-order valence-electron chi connectivity index (χ1n) is 8.24. The van der Waals surface area contributed by atoms with Crippen molar-refractivity contribution in [2.45, 2.75) is 66.4 Å². The van der Waals surface area contributed by atoms with E-state index in [0.29, 0.717) is 5.41 Å². The van der Waals surface area contributed by atoms with Gasteiger partial charge in [-0.05, 0) is 52.0 Å². The van der Waals surface area contributed by atoms with Crippen LogP contribution in [-0.4, -0.2) is 54.9 Å². The number of hydrogen-bond acceptors (Lipinski definition) is 3. The zero-order chi connectivity index (χ0) is 15.2. The van der Waals surface area contributed by atoms with Gasteiger partial charge in [0.25, 0.3) is 0 Å². The summed E-state index contributed by atoms with van der Waals surface area (Å²) in [6, 6.07) is 0. The van der Waals surface area contributed by atoms with Crippen molar-refractivity contribution in [1.82, 2.24) is 9.80 Å². The highest BCUT2D eigenvalue weighted by atomic mass is 16.5. The quantitative estimate of drug-likeness (QED) is 0.741. The van der Waals surface area contributed by atoms with Crippen LogP contribution in [0.2, 0.25) is 0 Å². The number of ether oxygens (including phenoxy) is 1. The molecule has 1 saturated heterocycles. The molecule has 3 heteroatoms. The fourth-order valence-electron chi connectivity index (χ4n) is 2.62. The van der Waals surface area contributed by atoms with E-state index in [1.807, 2.05) is 0 Å². The number of nitrogens with zero attached hydrogens (tertiary/aromatic N) is 2. The van der Waals surface area contributed by atoms with Crippen LogP contribution in [0.15, 0.2) is 0 Å². The minimum Gasteiger partial charge on any atom is -0.375 e. The first-order valence-corrected chi connectivity index (χ1v) is 8.24. The summed E-state index contributed by atoms with van der Waals surface area (Å²) in [5, 5.41) is 0. The molecule has 3 nitrogen and oxygen atoms in total. The number of rotatable bonds is 6. The second-order valence-electron chi connectivity index (χ2n) is 8.36. The molecule has 0 radical (unpaired) electrons. The second kappa shape index (κ2) is 7.77. The molecule has 0 spiro atoms. The average Bonchev–Trinajstić information content (AvgIpc) is 2.26. The molecule has 0 amide bonds. The summed E-state index contributed by atoms with van der Waals surface area (Å²) in [5.74, 6) is 0. The lowest BCUT2D eigenvalue weighted by Crippen LogP contribution is -2.46. The van der Waals surface area contributed by atoms with Crippen LogP contribution < -0.4 is 0 Å². The van der Waals surface area contributed by atoms with Crippen LogP contribution in [0.4, 0.5) is 0 Å². The van der Waals surface area contributed by atoms with Gasteiger partial charge in [0.2, 0.25) is 0 Å². The third-order valence-corrected chi connectivity index (χ3v) is 3.69. The summed E-state index contributed by atoms with van der Waals surface area (Å²) in [6.07, 6.45) is 3.93. The van der Waals surface area contributed by atoms with E-state index >= 15 is 0 Å². The predicted octanol–water partition coefficient (Wildman–Crippen LogP) is 3.59. The van der Waals surface area contributed by atoms with E-state index in [2.05, 4.69) is 51.3 Å². The summed E-state index contributed by atoms with van der Waals surface area (Å²) in [4.78, 5) is 5.14. The van der Waals surface area contributed by atoms with Crippen LogP contribution in [0.5, 0.6) is 0 Å². The van der Waals surface area contributed by atoms with Crippen LogP contribution in [0.1, 0.15) is 60.8 Å². The zero-order valence-electron chi connectivity index (χ0n) is 14.7. The lowest BCUT2D eigenvalue weighted by molar-refractivity contribution is -0.0245. The third-order valence-electron chi connectivity index (χ3n) is 3.69. The molecular formula is C17H36N2O. The number of hydrogen-bond donors (Lipinski definition) is 0. The molecule has 1 aliphatic rings. The Morgan fingerprint density at radius 1 is 0.900 bits per heavy atom. The molecule has 0 atom stereocenters. The molecule has 1 aliphatic heterocycles. The highest BCUT2D eigenvalue weighted by Gasteiger charge is 2.19. The molecule has 0 bridgehead atoms. The predicted molar refractivity (Wildman–Crippen MR) is 87.0 cm³/mol. The molecule has 0 aromatic carbocycles. The third kappa shape index (κ3) is 8.93. The van der Waals surface area contributed by atoms with Crippen LogP contribution in [0.3, 0.4) is 0 Å². The SMILES string of the molecule is CC(C)(C)CCCN1CCCN(CCOC(C)(C)C)C1. The van der Waals surface area contributed by atoms with Gasteiger partial charge in [0.1, 0.15) is 0 Å². The van der Waals surface area contributed by atoms with Crippen LogP contribution in [0, 0.1) is 5.41 Å². The topological polar surface area (TPSA) is 15.7 Å². The van der Waals surface area contributed by atoms with Gasteiger partial charge in [-0.15, -0.1) is 0 Å². The lowest BCUT2D eigenvalue weighted by Gasteiger charge is -2.36. The van der Waals surface area contributed by atoms with Gasteiger partial charge in [0, 0.05) is 19.6 Å². The Labute approximate surface area is 126 Å². The Kier molecular flexibility index (Phi) is 6.96. The fourth-order valence-corrected chi connectivity index (χ4v) is 2.62. The Morgan fingerprint density at radius 3 is 2.05 bits per heavy atom. The van der Waals surface area contributed by atoms with Crippen LogP contribution in [-0.2, 0) is 4.74 Å². The van der Waals surface area contributed by atoms with E-state index in [0.717, 1.165) is 19.8 Å². The lowest BCUT2D eigenvalue weighted by atomic mass is 9.90. The first-order chi connectivity index (χ1) is 9.16. The highest BCUT2D eigenvalue weighted by Crippen LogP contribution is 2.21. The molecule has 1 fully saturated rings. The van der Waals surface area contributed by atoms with Gasteiger partial charge >= 0.3 is 0 Å². The molecule has 20 heavy (non-hydrogen) atoms. The average molecular weight is 284 g/mol. The van der Waals surface area contributed by atoms with Crippen LogP contribution in [0.25, 0.3) is 0 Å². The maximum atomic E-state index is 5.83. The van der Waals surface area contributed by atoms with Gasteiger partial charge in [-0.3, -0.25) is 9.80 Å². The largest absolute Gasteiger partial charge is 0.375 e. The molecule has 0 aliphatic carbocycles. The molecule has 0 N–H and O–H groups in total. The first kappa shape index (κ1) is 17.9. The van der Waals surface area contributed by atoms with Crippen molar-refractivity contribution in [2.24, 2.45) is 5.41 Å². The van der Waals surface area contributed by atoms with E-state index in [9.17, 15) is 0 Å².